The largest absolute Gasteiger partial charge is 0.491 e. The van der Waals surface area contributed by atoms with Crippen LogP contribution in [0.3, 0.4) is 0 Å². The van der Waals surface area contributed by atoms with E-state index in [0.717, 1.165) is 12.3 Å². The van der Waals surface area contributed by atoms with Gasteiger partial charge in [-0.3, -0.25) is 0 Å². The minimum atomic E-state index is -0.467. The fourth-order valence-corrected chi connectivity index (χ4v) is 3.84. The Balaban J connectivity index is 1.66. The van der Waals surface area contributed by atoms with Gasteiger partial charge in [-0.2, -0.15) is 11.8 Å². The van der Waals surface area contributed by atoms with Crippen LogP contribution in [0.2, 0.25) is 0 Å². The molecule has 0 saturated heterocycles. The van der Waals surface area contributed by atoms with Gasteiger partial charge in [-0.1, -0.05) is 25.0 Å². The number of hydrogen-bond donors (Lipinski definition) is 2. The normalized spacial score (nSPS) is 18.6. The maximum Gasteiger partial charge on any atom is 0.119 e. The van der Waals surface area contributed by atoms with E-state index in [2.05, 4.69) is 11.6 Å². The van der Waals surface area contributed by atoms with Gasteiger partial charge in [-0.25, -0.2) is 0 Å². The smallest absolute Gasteiger partial charge is 0.119 e. The first kappa shape index (κ1) is 16.7. The van der Waals surface area contributed by atoms with Gasteiger partial charge < -0.3 is 15.2 Å². The third kappa shape index (κ3) is 5.20. The maximum atomic E-state index is 10.0. The number of aliphatic hydroxyl groups is 1. The lowest BCUT2D eigenvalue weighted by Gasteiger charge is -2.27. The Bertz CT molecular complexity index is 433. The van der Waals surface area contributed by atoms with E-state index < -0.39 is 6.10 Å². The molecule has 4 heteroatoms. The summed E-state index contributed by atoms with van der Waals surface area (Å²) in [6.07, 6.45) is 6.98. The number of nitrogens with one attached hydrogen (secondary N) is 1. The second kappa shape index (κ2) is 8.06. The number of aryl methyl sites for hydroxylation is 1. The van der Waals surface area contributed by atoms with Gasteiger partial charge in [0.1, 0.15) is 18.5 Å². The van der Waals surface area contributed by atoms with E-state index in [1.165, 1.54) is 31.2 Å². The SMILES string of the molecule is CSC1(CNCC(O)COc2cccc(C)c2)CCCC1. The average Bonchev–Trinajstić information content (AvgIpc) is 2.95. The van der Waals surface area contributed by atoms with Crippen molar-refractivity contribution in [3.63, 3.8) is 0 Å². The van der Waals surface area contributed by atoms with Crippen molar-refractivity contribution in [2.75, 3.05) is 26.0 Å². The molecule has 21 heavy (non-hydrogen) atoms. The summed E-state index contributed by atoms with van der Waals surface area (Å²) in [5, 5.41) is 13.4. The fraction of sp³-hybridized carbons (Fsp3) is 0.647. The number of ether oxygens (including phenoxy) is 1. The monoisotopic (exact) mass is 309 g/mol. The Hall–Kier alpha value is -0.710. The molecule has 0 spiro atoms. The summed E-state index contributed by atoms with van der Waals surface area (Å²) in [5.74, 6) is 0.824. The van der Waals surface area contributed by atoms with Gasteiger partial charge in [0, 0.05) is 17.8 Å². The minimum absolute atomic E-state index is 0.336. The Kier molecular flexibility index (Phi) is 6.40. The fourth-order valence-electron chi connectivity index (χ4n) is 2.90. The number of hydrogen-bond acceptors (Lipinski definition) is 4. The highest BCUT2D eigenvalue weighted by Gasteiger charge is 2.32. The molecule has 1 aliphatic carbocycles. The molecule has 2 N–H and O–H groups in total. The standard InChI is InChI=1S/C17H27NO2S/c1-14-6-5-7-16(10-14)20-12-15(19)11-18-13-17(21-2)8-3-4-9-17/h5-7,10,15,18-19H,3-4,8-9,11-13H2,1-2H3. The quantitative estimate of drug-likeness (QED) is 0.774. The maximum absolute atomic E-state index is 10.0. The minimum Gasteiger partial charge on any atom is -0.491 e. The van der Waals surface area contributed by atoms with E-state index in [0.29, 0.717) is 17.9 Å². The van der Waals surface area contributed by atoms with Crippen LogP contribution in [0, 0.1) is 6.92 Å². The highest BCUT2D eigenvalue weighted by Crippen LogP contribution is 2.39. The van der Waals surface area contributed by atoms with Crippen LogP contribution < -0.4 is 10.1 Å². The predicted octanol–water partition coefficient (Wildman–Crippen LogP) is 3.00. The van der Waals surface area contributed by atoms with Crippen molar-refractivity contribution in [1.82, 2.24) is 5.32 Å². The first-order valence-electron chi connectivity index (χ1n) is 7.77. The summed E-state index contributed by atoms with van der Waals surface area (Å²) >= 11 is 1.97. The molecule has 2 rings (SSSR count). The van der Waals surface area contributed by atoms with Gasteiger partial charge in [0.15, 0.2) is 0 Å². The summed E-state index contributed by atoms with van der Waals surface area (Å²) in [5.41, 5.74) is 1.17. The molecular weight excluding hydrogens is 282 g/mol. The molecule has 1 saturated carbocycles. The van der Waals surface area contributed by atoms with E-state index >= 15 is 0 Å². The first-order chi connectivity index (χ1) is 10.1. The van der Waals surface area contributed by atoms with Crippen LogP contribution in [0.1, 0.15) is 31.2 Å². The second-order valence-corrected chi connectivity index (χ2v) is 7.28. The van der Waals surface area contributed by atoms with Crippen LogP contribution in [-0.4, -0.2) is 41.9 Å². The van der Waals surface area contributed by atoms with Crippen molar-refractivity contribution >= 4 is 11.8 Å². The number of thioether (sulfide) groups is 1. The Morgan fingerprint density at radius 2 is 2.14 bits per heavy atom. The molecule has 0 amide bonds. The molecule has 1 unspecified atom stereocenters. The van der Waals surface area contributed by atoms with Crippen molar-refractivity contribution in [1.29, 1.82) is 0 Å². The zero-order chi connectivity index (χ0) is 15.1. The van der Waals surface area contributed by atoms with Crippen LogP contribution in [0.15, 0.2) is 24.3 Å². The van der Waals surface area contributed by atoms with Crippen LogP contribution >= 0.6 is 11.8 Å². The molecule has 1 atom stereocenters. The van der Waals surface area contributed by atoms with Crippen LogP contribution in [0.5, 0.6) is 5.75 Å². The zero-order valence-corrected chi connectivity index (χ0v) is 13.9. The van der Waals surface area contributed by atoms with E-state index in [-0.39, 0.29) is 0 Å². The van der Waals surface area contributed by atoms with Gasteiger partial charge in [0.05, 0.1) is 0 Å². The van der Waals surface area contributed by atoms with E-state index in [4.69, 9.17) is 4.74 Å². The highest BCUT2D eigenvalue weighted by atomic mass is 32.2. The predicted molar refractivity (Wildman–Crippen MR) is 90.3 cm³/mol. The van der Waals surface area contributed by atoms with Crippen LogP contribution in [-0.2, 0) is 0 Å². The van der Waals surface area contributed by atoms with Gasteiger partial charge in [0.25, 0.3) is 0 Å². The lowest BCUT2D eigenvalue weighted by atomic mass is 10.1. The molecule has 3 nitrogen and oxygen atoms in total. The number of aliphatic hydroxyl groups excluding tert-OH is 1. The van der Waals surface area contributed by atoms with Gasteiger partial charge in [-0.05, 0) is 43.7 Å². The summed E-state index contributed by atoms with van der Waals surface area (Å²) < 4.78 is 6.01. The van der Waals surface area contributed by atoms with E-state index in [1.807, 2.05) is 43.0 Å². The zero-order valence-electron chi connectivity index (χ0n) is 13.1. The lowest BCUT2D eigenvalue weighted by molar-refractivity contribution is 0.106. The number of rotatable bonds is 8. The van der Waals surface area contributed by atoms with Crippen molar-refractivity contribution in [3.8, 4) is 5.75 Å². The van der Waals surface area contributed by atoms with E-state index in [1.54, 1.807) is 0 Å². The molecule has 118 valence electrons. The molecule has 1 aliphatic rings. The molecule has 0 aromatic heterocycles. The Morgan fingerprint density at radius 1 is 1.38 bits per heavy atom. The summed E-state index contributed by atoms with van der Waals surface area (Å²) in [6.45, 7) is 3.95. The summed E-state index contributed by atoms with van der Waals surface area (Å²) in [7, 11) is 0. The molecular formula is C17H27NO2S. The molecule has 1 aromatic rings. The molecule has 1 aromatic carbocycles. The highest BCUT2D eigenvalue weighted by molar-refractivity contribution is 8.00. The molecule has 0 aliphatic heterocycles. The third-order valence-electron chi connectivity index (χ3n) is 4.21. The Labute approximate surface area is 132 Å². The van der Waals surface area contributed by atoms with Gasteiger partial charge >= 0.3 is 0 Å². The van der Waals surface area contributed by atoms with Crippen molar-refractivity contribution in [2.24, 2.45) is 0 Å². The molecule has 0 bridgehead atoms. The van der Waals surface area contributed by atoms with Crippen LogP contribution in [0.4, 0.5) is 0 Å². The van der Waals surface area contributed by atoms with Gasteiger partial charge in [-0.15, -0.1) is 0 Å². The molecule has 0 heterocycles. The summed E-state index contributed by atoms with van der Waals surface area (Å²) in [4.78, 5) is 0. The van der Waals surface area contributed by atoms with Crippen molar-refractivity contribution in [2.45, 2.75) is 43.5 Å². The summed E-state index contributed by atoms with van der Waals surface area (Å²) in [6, 6.07) is 7.92. The van der Waals surface area contributed by atoms with E-state index in [9.17, 15) is 5.11 Å². The second-order valence-electron chi connectivity index (χ2n) is 6.01. The van der Waals surface area contributed by atoms with Crippen molar-refractivity contribution < 1.29 is 9.84 Å². The third-order valence-corrected chi connectivity index (χ3v) is 5.63. The van der Waals surface area contributed by atoms with Crippen molar-refractivity contribution in [3.05, 3.63) is 29.8 Å². The van der Waals surface area contributed by atoms with Gasteiger partial charge in [0.2, 0.25) is 0 Å². The average molecular weight is 309 g/mol. The Morgan fingerprint density at radius 3 is 2.81 bits per heavy atom. The first-order valence-corrected chi connectivity index (χ1v) is 8.99. The number of benzene rings is 1. The van der Waals surface area contributed by atoms with Crippen LogP contribution in [0.25, 0.3) is 0 Å². The lowest BCUT2D eigenvalue weighted by Crippen LogP contribution is -2.40. The molecule has 0 radical (unpaired) electrons. The topological polar surface area (TPSA) is 41.5 Å². The molecule has 1 fully saturated rings.